The van der Waals surface area contributed by atoms with E-state index in [-0.39, 0.29) is 11.8 Å². The lowest BCUT2D eigenvalue weighted by Gasteiger charge is -2.26. The minimum Gasteiger partial charge on any atom is -0.354 e. The van der Waals surface area contributed by atoms with Crippen LogP contribution in [0.5, 0.6) is 0 Å². The Balaban J connectivity index is 1.57. The Bertz CT molecular complexity index is 662. The maximum absolute atomic E-state index is 12.9. The molecule has 2 N–H and O–H groups in total. The van der Waals surface area contributed by atoms with Gasteiger partial charge in [-0.25, -0.2) is 0 Å². The van der Waals surface area contributed by atoms with Crippen molar-refractivity contribution in [3.05, 3.63) is 33.8 Å². The fourth-order valence-corrected chi connectivity index (χ4v) is 4.16. The number of hydrogen-bond donors (Lipinski definition) is 2. The van der Waals surface area contributed by atoms with Gasteiger partial charge in [0.2, 0.25) is 5.91 Å². The highest BCUT2D eigenvalue weighted by Gasteiger charge is 2.35. The Morgan fingerprint density at radius 3 is 2.85 bits per heavy atom. The molecule has 0 spiro atoms. The molecule has 1 aromatic rings. The number of nitrogens with zero attached hydrogens (tertiary/aromatic N) is 1. The number of hydrogen-bond acceptors (Lipinski definition) is 3. The monoisotopic (exact) mass is 397 g/mol. The molecule has 7 heteroatoms. The summed E-state index contributed by atoms with van der Waals surface area (Å²) < 4.78 is 0. The molecule has 0 bridgehead atoms. The molecule has 2 aliphatic heterocycles. The first kappa shape index (κ1) is 19.5. The summed E-state index contributed by atoms with van der Waals surface area (Å²) in [6, 6.07) is 4.40. The second-order valence-corrected chi connectivity index (χ2v) is 7.92. The zero-order valence-corrected chi connectivity index (χ0v) is 16.3. The molecule has 2 amide bonds. The second-order valence-electron chi connectivity index (χ2n) is 7.07. The summed E-state index contributed by atoms with van der Waals surface area (Å²) in [7, 11) is 0. The van der Waals surface area contributed by atoms with Crippen molar-refractivity contribution in [3.8, 4) is 0 Å². The van der Waals surface area contributed by atoms with Crippen molar-refractivity contribution in [2.75, 3.05) is 26.2 Å². The number of likely N-dealkylation sites (tertiary alicyclic amines) is 1. The molecule has 2 fully saturated rings. The average molecular weight is 398 g/mol. The number of piperidine rings is 1. The lowest BCUT2D eigenvalue weighted by atomic mass is 9.96. The third-order valence-electron chi connectivity index (χ3n) is 5.23. The Morgan fingerprint density at radius 1 is 1.23 bits per heavy atom. The quantitative estimate of drug-likeness (QED) is 0.802. The summed E-state index contributed by atoms with van der Waals surface area (Å²) in [4.78, 5) is 27.1. The van der Waals surface area contributed by atoms with Crippen LogP contribution in [0.3, 0.4) is 0 Å². The van der Waals surface area contributed by atoms with Gasteiger partial charge in [-0.3, -0.25) is 9.59 Å². The Hall–Kier alpha value is -1.30. The van der Waals surface area contributed by atoms with Crippen LogP contribution in [-0.4, -0.2) is 48.9 Å². The molecule has 2 unspecified atom stereocenters. The molecule has 0 aliphatic carbocycles. The van der Waals surface area contributed by atoms with E-state index >= 15 is 0 Å². The summed E-state index contributed by atoms with van der Waals surface area (Å²) >= 11 is 12.1. The maximum atomic E-state index is 12.9. The Labute approximate surface area is 164 Å². The smallest absolute Gasteiger partial charge is 0.256 e. The van der Waals surface area contributed by atoms with Gasteiger partial charge in [0.15, 0.2) is 0 Å². The van der Waals surface area contributed by atoms with Crippen molar-refractivity contribution in [2.45, 2.75) is 38.1 Å². The van der Waals surface area contributed by atoms with Crippen molar-refractivity contribution in [1.29, 1.82) is 0 Å². The largest absolute Gasteiger partial charge is 0.354 e. The van der Waals surface area contributed by atoms with Crippen LogP contribution in [0.15, 0.2) is 18.2 Å². The molecule has 2 saturated heterocycles. The van der Waals surface area contributed by atoms with Gasteiger partial charge in [0.05, 0.1) is 10.6 Å². The first-order chi connectivity index (χ1) is 12.6. The van der Waals surface area contributed by atoms with E-state index in [1.165, 1.54) is 12.8 Å². The number of carbonyl (C=O) groups is 2. The van der Waals surface area contributed by atoms with E-state index in [4.69, 9.17) is 23.2 Å². The topological polar surface area (TPSA) is 61.4 Å². The molecule has 2 heterocycles. The molecule has 0 radical (unpaired) electrons. The van der Waals surface area contributed by atoms with Crippen LogP contribution in [0.4, 0.5) is 0 Å². The molecule has 3 rings (SSSR count). The average Bonchev–Trinajstić information content (AvgIpc) is 3.14. The molecule has 1 aromatic carbocycles. The first-order valence-electron chi connectivity index (χ1n) is 9.30. The fraction of sp³-hybridized carbons (Fsp3) is 0.579. The fourth-order valence-electron chi connectivity index (χ4n) is 3.79. The van der Waals surface area contributed by atoms with Crippen molar-refractivity contribution < 1.29 is 9.59 Å². The number of carbonyl (C=O) groups excluding carboxylic acids is 2. The summed E-state index contributed by atoms with van der Waals surface area (Å²) in [6.45, 7) is 3.33. The highest BCUT2D eigenvalue weighted by Crippen LogP contribution is 2.26. The molecule has 5 nitrogen and oxygen atoms in total. The minimum absolute atomic E-state index is 0.0715. The number of halogens is 2. The second kappa shape index (κ2) is 9.07. The number of rotatable bonds is 5. The number of nitrogens with one attached hydrogen (secondary N) is 2. The van der Waals surface area contributed by atoms with E-state index in [0.29, 0.717) is 41.0 Å². The van der Waals surface area contributed by atoms with Crippen LogP contribution in [0.2, 0.25) is 10.0 Å². The van der Waals surface area contributed by atoms with E-state index < -0.39 is 6.04 Å². The summed E-state index contributed by atoms with van der Waals surface area (Å²) in [6.07, 6.45) is 4.88. The van der Waals surface area contributed by atoms with Gasteiger partial charge in [-0.2, -0.15) is 0 Å². The lowest BCUT2D eigenvalue weighted by Crippen LogP contribution is -2.46. The highest BCUT2D eigenvalue weighted by molar-refractivity contribution is 6.35. The van der Waals surface area contributed by atoms with Crippen molar-refractivity contribution in [1.82, 2.24) is 15.5 Å². The van der Waals surface area contributed by atoms with E-state index in [0.717, 1.165) is 25.9 Å². The molecular formula is C19H25Cl2N3O2. The minimum atomic E-state index is -0.429. The van der Waals surface area contributed by atoms with E-state index in [1.54, 1.807) is 23.1 Å². The van der Waals surface area contributed by atoms with Gasteiger partial charge >= 0.3 is 0 Å². The highest BCUT2D eigenvalue weighted by atomic mass is 35.5. The van der Waals surface area contributed by atoms with Crippen LogP contribution in [0.25, 0.3) is 0 Å². The van der Waals surface area contributed by atoms with Gasteiger partial charge < -0.3 is 15.5 Å². The van der Waals surface area contributed by atoms with Crippen molar-refractivity contribution in [2.24, 2.45) is 5.92 Å². The first-order valence-corrected chi connectivity index (χ1v) is 10.1. The molecular weight excluding hydrogens is 373 g/mol. The summed E-state index contributed by atoms with van der Waals surface area (Å²) in [5.74, 6) is 0.319. The summed E-state index contributed by atoms with van der Waals surface area (Å²) in [5, 5.41) is 7.22. The standard InChI is InChI=1S/C19H25Cl2N3O2/c20-14-5-6-16(21)15(11-14)19(26)24-10-2-4-17(24)18(25)23-9-7-13-3-1-8-22-12-13/h5-6,11,13,17,22H,1-4,7-10,12H2,(H,23,25). The lowest BCUT2D eigenvalue weighted by molar-refractivity contribution is -0.124. The zero-order chi connectivity index (χ0) is 18.5. The van der Waals surface area contributed by atoms with Gasteiger partial charge in [0.1, 0.15) is 6.04 Å². The third kappa shape index (κ3) is 4.70. The van der Waals surface area contributed by atoms with E-state index in [2.05, 4.69) is 10.6 Å². The van der Waals surface area contributed by atoms with Gasteiger partial charge in [-0.15, -0.1) is 0 Å². The van der Waals surface area contributed by atoms with Crippen LogP contribution >= 0.6 is 23.2 Å². The van der Waals surface area contributed by atoms with Crippen LogP contribution < -0.4 is 10.6 Å². The maximum Gasteiger partial charge on any atom is 0.256 e. The number of benzene rings is 1. The van der Waals surface area contributed by atoms with Crippen LogP contribution in [0, 0.1) is 5.92 Å². The number of amides is 2. The molecule has 2 atom stereocenters. The van der Waals surface area contributed by atoms with Gasteiger partial charge in [0.25, 0.3) is 5.91 Å². The molecule has 142 valence electrons. The van der Waals surface area contributed by atoms with Crippen LogP contribution in [0.1, 0.15) is 42.5 Å². The zero-order valence-electron chi connectivity index (χ0n) is 14.8. The Morgan fingerprint density at radius 2 is 2.08 bits per heavy atom. The Kier molecular flexibility index (Phi) is 6.79. The van der Waals surface area contributed by atoms with Gasteiger partial charge in [-0.1, -0.05) is 23.2 Å². The SMILES string of the molecule is O=C(NCCC1CCCNC1)C1CCCN1C(=O)c1cc(Cl)ccc1Cl. The van der Waals surface area contributed by atoms with Gasteiger partial charge in [-0.05, 0) is 69.3 Å². The van der Waals surface area contributed by atoms with Crippen molar-refractivity contribution >= 4 is 35.0 Å². The van der Waals surface area contributed by atoms with Gasteiger partial charge in [0, 0.05) is 18.1 Å². The van der Waals surface area contributed by atoms with Crippen molar-refractivity contribution in [3.63, 3.8) is 0 Å². The summed E-state index contributed by atoms with van der Waals surface area (Å²) in [5.41, 5.74) is 0.354. The molecule has 0 aromatic heterocycles. The van der Waals surface area contributed by atoms with E-state index in [1.807, 2.05) is 0 Å². The normalized spacial score (nSPS) is 23.1. The van der Waals surface area contributed by atoms with E-state index in [9.17, 15) is 9.59 Å². The third-order valence-corrected chi connectivity index (χ3v) is 5.79. The molecule has 26 heavy (non-hydrogen) atoms. The molecule has 0 saturated carbocycles. The predicted molar refractivity (Wildman–Crippen MR) is 104 cm³/mol. The van der Waals surface area contributed by atoms with Crippen LogP contribution in [-0.2, 0) is 4.79 Å². The predicted octanol–water partition coefficient (Wildman–Crippen LogP) is 3.10. The molecule has 2 aliphatic rings.